The molecule has 1 aliphatic heterocycles. The molecule has 0 bridgehead atoms. The Balaban J connectivity index is 1.58. The van der Waals surface area contributed by atoms with Gasteiger partial charge in [0.15, 0.2) is 0 Å². The molecule has 2 aliphatic carbocycles. The van der Waals surface area contributed by atoms with Gasteiger partial charge in [-0.05, 0) is 37.6 Å². The first-order valence-electron chi connectivity index (χ1n) is 5.31. The van der Waals surface area contributed by atoms with Crippen LogP contribution in [0.15, 0.2) is 0 Å². The molecule has 0 radical (unpaired) electrons. The van der Waals surface area contributed by atoms with E-state index in [-0.39, 0.29) is 0 Å². The van der Waals surface area contributed by atoms with Crippen LogP contribution in [0.3, 0.4) is 0 Å². The molecule has 1 amide bonds. The molecular formula is C10H16N2O. The highest BCUT2D eigenvalue weighted by Gasteiger charge is 2.59. The normalized spacial score (nSPS) is 42.3. The zero-order chi connectivity index (χ0) is 8.89. The Bertz CT molecular complexity index is 241. The zero-order valence-corrected chi connectivity index (χ0v) is 7.81. The summed E-state index contributed by atoms with van der Waals surface area (Å²) < 4.78 is 0. The van der Waals surface area contributed by atoms with Crippen molar-refractivity contribution in [2.45, 2.75) is 31.7 Å². The van der Waals surface area contributed by atoms with Gasteiger partial charge in [0.2, 0.25) is 5.91 Å². The van der Waals surface area contributed by atoms with E-state index in [1.807, 2.05) is 0 Å². The lowest BCUT2D eigenvalue weighted by molar-refractivity contribution is -0.123. The SMILES string of the molecule is O=C(NC1CC1)C1CC12CCNC2. The number of hydrogen-bond donors (Lipinski definition) is 2. The molecule has 3 aliphatic rings. The van der Waals surface area contributed by atoms with Gasteiger partial charge in [-0.3, -0.25) is 4.79 Å². The van der Waals surface area contributed by atoms with E-state index in [9.17, 15) is 4.79 Å². The van der Waals surface area contributed by atoms with E-state index < -0.39 is 0 Å². The smallest absolute Gasteiger partial charge is 0.223 e. The standard InChI is InChI=1S/C10H16N2O/c13-9(12-7-1-2-7)8-5-10(8)3-4-11-6-10/h7-8,11H,1-6H2,(H,12,13). The molecule has 3 nitrogen and oxygen atoms in total. The second-order valence-electron chi connectivity index (χ2n) is 4.83. The van der Waals surface area contributed by atoms with Crippen LogP contribution in [0, 0.1) is 11.3 Å². The van der Waals surface area contributed by atoms with Gasteiger partial charge in [-0.2, -0.15) is 0 Å². The number of amides is 1. The highest BCUT2D eigenvalue weighted by atomic mass is 16.2. The fraction of sp³-hybridized carbons (Fsp3) is 0.900. The van der Waals surface area contributed by atoms with Gasteiger partial charge in [-0.15, -0.1) is 0 Å². The Morgan fingerprint density at radius 3 is 2.92 bits per heavy atom. The molecule has 2 atom stereocenters. The summed E-state index contributed by atoms with van der Waals surface area (Å²) >= 11 is 0. The fourth-order valence-corrected chi connectivity index (χ4v) is 2.48. The molecule has 0 aromatic heterocycles. The topological polar surface area (TPSA) is 41.1 Å². The summed E-state index contributed by atoms with van der Waals surface area (Å²) in [4.78, 5) is 11.7. The van der Waals surface area contributed by atoms with Crippen LogP contribution in [0.25, 0.3) is 0 Å². The van der Waals surface area contributed by atoms with Crippen molar-refractivity contribution in [1.82, 2.24) is 10.6 Å². The van der Waals surface area contributed by atoms with Gasteiger partial charge in [-0.1, -0.05) is 0 Å². The second kappa shape index (κ2) is 2.47. The molecule has 1 saturated heterocycles. The summed E-state index contributed by atoms with van der Waals surface area (Å²) in [5.41, 5.74) is 0.374. The van der Waals surface area contributed by atoms with E-state index in [1.54, 1.807) is 0 Å². The van der Waals surface area contributed by atoms with Crippen LogP contribution in [-0.2, 0) is 4.79 Å². The lowest BCUT2D eigenvalue weighted by atomic mass is 10.0. The zero-order valence-electron chi connectivity index (χ0n) is 7.81. The van der Waals surface area contributed by atoms with Gasteiger partial charge in [-0.25, -0.2) is 0 Å². The Morgan fingerprint density at radius 2 is 2.31 bits per heavy atom. The number of rotatable bonds is 2. The van der Waals surface area contributed by atoms with E-state index in [2.05, 4.69) is 10.6 Å². The summed E-state index contributed by atoms with van der Waals surface area (Å²) in [5.74, 6) is 0.661. The molecular weight excluding hydrogens is 164 g/mol. The van der Waals surface area contributed by atoms with Crippen molar-refractivity contribution in [2.24, 2.45) is 11.3 Å². The molecule has 0 aromatic carbocycles. The van der Waals surface area contributed by atoms with E-state index in [0.29, 0.717) is 23.3 Å². The highest BCUT2D eigenvalue weighted by Crippen LogP contribution is 2.56. The summed E-state index contributed by atoms with van der Waals surface area (Å²) in [6.45, 7) is 2.17. The molecule has 72 valence electrons. The molecule has 2 saturated carbocycles. The summed E-state index contributed by atoms with van der Waals surface area (Å²) in [6, 6.07) is 0.527. The molecule has 0 aromatic rings. The summed E-state index contributed by atoms with van der Waals surface area (Å²) in [5, 5.41) is 6.45. The molecule has 1 spiro atoms. The Morgan fingerprint density at radius 1 is 1.46 bits per heavy atom. The van der Waals surface area contributed by atoms with Crippen LogP contribution < -0.4 is 10.6 Å². The van der Waals surface area contributed by atoms with Crippen molar-refractivity contribution in [1.29, 1.82) is 0 Å². The first kappa shape index (κ1) is 7.80. The van der Waals surface area contributed by atoms with E-state index in [4.69, 9.17) is 0 Å². The van der Waals surface area contributed by atoms with Crippen molar-refractivity contribution in [3.05, 3.63) is 0 Å². The van der Waals surface area contributed by atoms with Gasteiger partial charge >= 0.3 is 0 Å². The maximum absolute atomic E-state index is 11.7. The van der Waals surface area contributed by atoms with Crippen molar-refractivity contribution in [2.75, 3.05) is 13.1 Å². The minimum Gasteiger partial charge on any atom is -0.353 e. The predicted octanol–water partition coefficient (Wildman–Crippen LogP) is 0.265. The third-order valence-corrected chi connectivity index (χ3v) is 3.71. The lowest BCUT2D eigenvalue weighted by Crippen LogP contribution is -2.29. The number of carbonyl (C=O) groups is 1. The highest BCUT2D eigenvalue weighted by molar-refractivity contribution is 5.83. The van der Waals surface area contributed by atoms with Crippen LogP contribution in [0.5, 0.6) is 0 Å². The van der Waals surface area contributed by atoms with Crippen LogP contribution in [-0.4, -0.2) is 25.0 Å². The quantitative estimate of drug-likeness (QED) is 0.640. The minimum absolute atomic E-state index is 0.325. The maximum Gasteiger partial charge on any atom is 0.223 e. The van der Waals surface area contributed by atoms with E-state index >= 15 is 0 Å². The largest absolute Gasteiger partial charge is 0.353 e. The van der Waals surface area contributed by atoms with Gasteiger partial charge in [0.1, 0.15) is 0 Å². The predicted molar refractivity (Wildman–Crippen MR) is 49.2 cm³/mol. The second-order valence-corrected chi connectivity index (χ2v) is 4.83. The Labute approximate surface area is 78.3 Å². The molecule has 13 heavy (non-hydrogen) atoms. The van der Waals surface area contributed by atoms with Crippen molar-refractivity contribution in [3.63, 3.8) is 0 Å². The van der Waals surface area contributed by atoms with Crippen LogP contribution in [0.2, 0.25) is 0 Å². The fourth-order valence-electron chi connectivity index (χ4n) is 2.48. The average Bonchev–Trinajstić information content (AvgIpc) is 2.93. The van der Waals surface area contributed by atoms with Gasteiger partial charge < -0.3 is 10.6 Å². The Hall–Kier alpha value is -0.570. The first-order chi connectivity index (χ1) is 6.30. The van der Waals surface area contributed by atoms with Crippen LogP contribution in [0.1, 0.15) is 25.7 Å². The maximum atomic E-state index is 11.7. The number of hydrogen-bond acceptors (Lipinski definition) is 2. The van der Waals surface area contributed by atoms with Crippen LogP contribution in [0.4, 0.5) is 0 Å². The summed E-state index contributed by atoms with van der Waals surface area (Å²) in [7, 11) is 0. The van der Waals surface area contributed by atoms with Gasteiger partial charge in [0.05, 0.1) is 0 Å². The molecule has 3 fully saturated rings. The van der Waals surface area contributed by atoms with E-state index in [0.717, 1.165) is 19.5 Å². The Kier molecular flexibility index (Phi) is 1.48. The van der Waals surface area contributed by atoms with Crippen molar-refractivity contribution >= 4 is 5.91 Å². The van der Waals surface area contributed by atoms with E-state index in [1.165, 1.54) is 19.3 Å². The number of carbonyl (C=O) groups excluding carboxylic acids is 1. The monoisotopic (exact) mass is 180 g/mol. The average molecular weight is 180 g/mol. The van der Waals surface area contributed by atoms with Crippen molar-refractivity contribution in [3.8, 4) is 0 Å². The molecule has 3 rings (SSSR count). The van der Waals surface area contributed by atoms with Crippen molar-refractivity contribution < 1.29 is 4.79 Å². The molecule has 3 heteroatoms. The lowest BCUT2D eigenvalue weighted by Gasteiger charge is -2.07. The van der Waals surface area contributed by atoms with Crippen LogP contribution >= 0.6 is 0 Å². The molecule has 2 N–H and O–H groups in total. The third-order valence-electron chi connectivity index (χ3n) is 3.71. The third kappa shape index (κ3) is 1.26. The molecule has 2 unspecified atom stereocenters. The molecule has 1 heterocycles. The summed E-state index contributed by atoms with van der Waals surface area (Å²) in [6.07, 6.45) is 4.72. The minimum atomic E-state index is 0.325. The van der Waals surface area contributed by atoms with Gasteiger partial charge in [0, 0.05) is 18.5 Å². The van der Waals surface area contributed by atoms with Gasteiger partial charge in [0.25, 0.3) is 0 Å². The number of nitrogens with one attached hydrogen (secondary N) is 2. The first-order valence-corrected chi connectivity index (χ1v) is 5.31.